The van der Waals surface area contributed by atoms with E-state index < -0.39 is 5.60 Å². The summed E-state index contributed by atoms with van der Waals surface area (Å²) in [4.78, 5) is 0. The van der Waals surface area contributed by atoms with Crippen molar-refractivity contribution in [1.29, 1.82) is 0 Å². The molecule has 1 aliphatic rings. The molecule has 0 saturated heterocycles. The molecule has 4 heteroatoms. The maximum Gasteiger partial charge on any atom is 0.0738 e. The van der Waals surface area contributed by atoms with Crippen LogP contribution in [0.5, 0.6) is 0 Å². The van der Waals surface area contributed by atoms with Crippen molar-refractivity contribution in [2.45, 2.75) is 71.4 Å². The summed E-state index contributed by atoms with van der Waals surface area (Å²) < 4.78 is 3.09. The van der Waals surface area contributed by atoms with Crippen LogP contribution in [0.1, 0.15) is 57.3 Å². The molecule has 3 nitrogen and oxygen atoms in total. The fourth-order valence-electron chi connectivity index (χ4n) is 3.09. The van der Waals surface area contributed by atoms with Gasteiger partial charge in [0.05, 0.1) is 21.5 Å². The Hall–Kier alpha value is -0.350. The monoisotopic (exact) mass is 328 g/mol. The molecule has 19 heavy (non-hydrogen) atoms. The number of aromatic nitrogens is 2. The Balaban J connectivity index is 2.19. The maximum absolute atomic E-state index is 10.9. The Morgan fingerprint density at radius 3 is 2.84 bits per heavy atom. The van der Waals surface area contributed by atoms with Crippen molar-refractivity contribution >= 4 is 15.9 Å². The summed E-state index contributed by atoms with van der Waals surface area (Å²) in [6.45, 7) is 7.26. The van der Waals surface area contributed by atoms with E-state index in [4.69, 9.17) is 0 Å². The minimum atomic E-state index is -0.549. The normalized spacial score (nSPS) is 28.4. The molecule has 0 amide bonds. The topological polar surface area (TPSA) is 38.0 Å². The maximum atomic E-state index is 10.9. The van der Waals surface area contributed by atoms with Crippen molar-refractivity contribution < 1.29 is 5.11 Å². The van der Waals surface area contributed by atoms with E-state index in [1.54, 1.807) is 0 Å². The number of halogens is 1. The molecule has 2 rings (SSSR count). The average molecular weight is 329 g/mol. The molecule has 0 aliphatic heterocycles. The highest BCUT2D eigenvalue weighted by Gasteiger charge is 2.32. The van der Waals surface area contributed by atoms with E-state index in [9.17, 15) is 5.11 Å². The van der Waals surface area contributed by atoms with Crippen LogP contribution in [-0.2, 0) is 13.0 Å². The first-order valence-electron chi connectivity index (χ1n) is 7.39. The molecule has 2 unspecified atom stereocenters. The zero-order valence-electron chi connectivity index (χ0n) is 12.2. The lowest BCUT2D eigenvalue weighted by Crippen LogP contribution is -2.32. The predicted molar refractivity (Wildman–Crippen MR) is 81.2 cm³/mol. The molecular weight excluding hydrogens is 304 g/mol. The largest absolute Gasteiger partial charge is 0.389 e. The quantitative estimate of drug-likeness (QED) is 0.856. The Bertz CT molecular complexity index is 444. The Labute approximate surface area is 124 Å². The molecule has 1 saturated carbocycles. The van der Waals surface area contributed by atoms with Gasteiger partial charge in [-0.1, -0.05) is 19.8 Å². The lowest BCUT2D eigenvalue weighted by atomic mass is 9.89. The van der Waals surface area contributed by atoms with Gasteiger partial charge in [0.1, 0.15) is 0 Å². The lowest BCUT2D eigenvalue weighted by Gasteiger charge is -2.27. The Morgan fingerprint density at radius 1 is 1.42 bits per heavy atom. The molecule has 2 atom stereocenters. The number of hydrogen-bond donors (Lipinski definition) is 1. The van der Waals surface area contributed by atoms with Crippen LogP contribution in [0.3, 0.4) is 0 Å². The van der Waals surface area contributed by atoms with Crippen LogP contribution in [0.25, 0.3) is 0 Å². The van der Waals surface area contributed by atoms with Gasteiger partial charge in [-0.25, -0.2) is 0 Å². The van der Waals surface area contributed by atoms with Crippen molar-refractivity contribution in [3.63, 3.8) is 0 Å². The third-order valence-electron chi connectivity index (χ3n) is 4.39. The second kappa shape index (κ2) is 5.96. The molecule has 1 aromatic heterocycles. The van der Waals surface area contributed by atoms with E-state index in [1.807, 2.05) is 11.6 Å². The van der Waals surface area contributed by atoms with Gasteiger partial charge in [0.2, 0.25) is 0 Å². The second-order valence-electron chi connectivity index (χ2n) is 6.10. The van der Waals surface area contributed by atoms with Crippen LogP contribution in [0.4, 0.5) is 0 Å². The van der Waals surface area contributed by atoms with Gasteiger partial charge in [0.25, 0.3) is 0 Å². The lowest BCUT2D eigenvalue weighted by molar-refractivity contribution is 0.0223. The zero-order valence-corrected chi connectivity index (χ0v) is 13.8. The standard InChI is InChI=1S/C15H25BrN2O/c1-4-18-13(14(16)12(3)17-18)10-15(19)8-5-6-11(2)7-9-15/h11,19H,4-10H2,1-3H3. The molecule has 1 N–H and O–H groups in total. The molecule has 0 radical (unpaired) electrons. The third kappa shape index (κ3) is 3.40. The predicted octanol–water partition coefficient (Wildman–Crippen LogP) is 3.85. The van der Waals surface area contributed by atoms with E-state index >= 15 is 0 Å². The third-order valence-corrected chi connectivity index (χ3v) is 5.42. The zero-order chi connectivity index (χ0) is 14.0. The molecule has 1 heterocycles. The van der Waals surface area contributed by atoms with Crippen LogP contribution < -0.4 is 0 Å². The second-order valence-corrected chi connectivity index (χ2v) is 6.89. The van der Waals surface area contributed by atoms with Gasteiger partial charge in [-0.2, -0.15) is 5.10 Å². The highest BCUT2D eigenvalue weighted by molar-refractivity contribution is 9.10. The molecular formula is C15H25BrN2O. The SMILES string of the molecule is CCn1nc(C)c(Br)c1CC1(O)CCCC(C)CC1. The summed E-state index contributed by atoms with van der Waals surface area (Å²) in [5.74, 6) is 0.746. The average Bonchev–Trinajstić information content (AvgIpc) is 2.53. The summed E-state index contributed by atoms with van der Waals surface area (Å²) in [6.07, 6.45) is 6.05. The highest BCUT2D eigenvalue weighted by Crippen LogP contribution is 2.34. The van der Waals surface area contributed by atoms with Crippen molar-refractivity contribution in [3.05, 3.63) is 15.9 Å². The summed E-state index contributed by atoms with van der Waals surface area (Å²) >= 11 is 3.63. The molecule has 0 spiro atoms. The summed E-state index contributed by atoms with van der Waals surface area (Å²) in [6, 6.07) is 0. The van der Waals surface area contributed by atoms with Gasteiger partial charge in [0.15, 0.2) is 0 Å². The summed E-state index contributed by atoms with van der Waals surface area (Å²) in [5, 5.41) is 15.4. The molecule has 1 aromatic rings. The van der Waals surface area contributed by atoms with Crippen LogP contribution in [0, 0.1) is 12.8 Å². The number of nitrogens with zero attached hydrogens (tertiary/aromatic N) is 2. The van der Waals surface area contributed by atoms with Gasteiger partial charge in [-0.15, -0.1) is 0 Å². The Kier molecular flexibility index (Phi) is 4.72. The van der Waals surface area contributed by atoms with Gasteiger partial charge in [0, 0.05) is 13.0 Å². The van der Waals surface area contributed by atoms with Crippen LogP contribution in [0.2, 0.25) is 0 Å². The summed E-state index contributed by atoms with van der Waals surface area (Å²) in [7, 11) is 0. The van der Waals surface area contributed by atoms with E-state index in [1.165, 1.54) is 6.42 Å². The van der Waals surface area contributed by atoms with Gasteiger partial charge >= 0.3 is 0 Å². The number of rotatable bonds is 3. The van der Waals surface area contributed by atoms with Gasteiger partial charge < -0.3 is 5.11 Å². The molecule has 0 aromatic carbocycles. The van der Waals surface area contributed by atoms with Gasteiger partial charge in [-0.05, 0) is 55.0 Å². The smallest absolute Gasteiger partial charge is 0.0738 e. The number of aliphatic hydroxyl groups is 1. The minimum Gasteiger partial charge on any atom is -0.389 e. The van der Waals surface area contributed by atoms with Gasteiger partial charge in [-0.3, -0.25) is 4.68 Å². The fraction of sp³-hybridized carbons (Fsp3) is 0.800. The summed E-state index contributed by atoms with van der Waals surface area (Å²) in [5.41, 5.74) is 1.62. The van der Waals surface area contributed by atoms with Crippen LogP contribution in [0.15, 0.2) is 4.47 Å². The minimum absolute atomic E-state index is 0.549. The van der Waals surface area contributed by atoms with E-state index in [0.717, 1.165) is 60.4 Å². The fourth-order valence-corrected chi connectivity index (χ4v) is 3.51. The first-order valence-corrected chi connectivity index (χ1v) is 8.18. The van der Waals surface area contributed by atoms with Crippen LogP contribution in [-0.4, -0.2) is 20.5 Å². The Morgan fingerprint density at radius 2 is 2.16 bits per heavy atom. The first-order chi connectivity index (χ1) is 8.95. The number of hydrogen-bond acceptors (Lipinski definition) is 2. The highest BCUT2D eigenvalue weighted by atomic mass is 79.9. The van der Waals surface area contributed by atoms with E-state index in [0.29, 0.717) is 0 Å². The molecule has 108 valence electrons. The van der Waals surface area contributed by atoms with E-state index in [2.05, 4.69) is 34.9 Å². The van der Waals surface area contributed by atoms with E-state index in [-0.39, 0.29) is 0 Å². The van der Waals surface area contributed by atoms with Crippen molar-refractivity contribution in [1.82, 2.24) is 9.78 Å². The van der Waals surface area contributed by atoms with Crippen LogP contribution >= 0.6 is 15.9 Å². The first kappa shape index (κ1) is 15.0. The molecule has 1 aliphatic carbocycles. The number of aryl methyl sites for hydroxylation is 2. The van der Waals surface area contributed by atoms with Crippen molar-refractivity contribution in [2.75, 3.05) is 0 Å². The van der Waals surface area contributed by atoms with Crippen molar-refractivity contribution in [3.8, 4) is 0 Å². The molecule has 0 bridgehead atoms. The molecule has 1 fully saturated rings. The van der Waals surface area contributed by atoms with Crippen molar-refractivity contribution in [2.24, 2.45) is 5.92 Å².